The van der Waals surface area contributed by atoms with Crippen LogP contribution in [0.1, 0.15) is 15.4 Å². The Morgan fingerprint density at radius 1 is 1.21 bits per heavy atom. The average Bonchev–Trinajstić information content (AvgIpc) is 2.99. The van der Waals surface area contributed by atoms with Crippen LogP contribution in [0.4, 0.5) is 0 Å². The van der Waals surface area contributed by atoms with Gasteiger partial charge in [-0.25, -0.2) is 4.98 Å². The zero-order chi connectivity index (χ0) is 16.5. The van der Waals surface area contributed by atoms with Gasteiger partial charge in [0.05, 0.1) is 12.1 Å². The van der Waals surface area contributed by atoms with Crippen LogP contribution in [0.5, 0.6) is 5.75 Å². The van der Waals surface area contributed by atoms with Gasteiger partial charge >= 0.3 is 0 Å². The van der Waals surface area contributed by atoms with Gasteiger partial charge in [-0.15, -0.1) is 35.3 Å². The highest BCUT2D eigenvalue weighted by molar-refractivity contribution is 14.0. The molecule has 132 valence electrons. The summed E-state index contributed by atoms with van der Waals surface area (Å²) in [4.78, 5) is 9.86. The average molecular weight is 460 g/mol. The maximum Gasteiger partial charge on any atom is 0.191 e. The SMILES string of the molecule is CN=C(NCCc1ncc(C)s1)NCCc1ccccc1OC.I. The Morgan fingerprint density at radius 3 is 2.54 bits per heavy atom. The second-order valence-electron chi connectivity index (χ2n) is 5.10. The maximum atomic E-state index is 5.37. The van der Waals surface area contributed by atoms with Crippen molar-refractivity contribution in [2.24, 2.45) is 4.99 Å². The van der Waals surface area contributed by atoms with E-state index < -0.39 is 0 Å². The van der Waals surface area contributed by atoms with E-state index in [-0.39, 0.29) is 24.0 Å². The van der Waals surface area contributed by atoms with E-state index in [0.717, 1.165) is 42.6 Å². The highest BCUT2D eigenvalue weighted by Gasteiger charge is 2.03. The van der Waals surface area contributed by atoms with Crippen molar-refractivity contribution in [3.63, 3.8) is 0 Å². The Hall–Kier alpha value is -1.35. The van der Waals surface area contributed by atoms with Gasteiger partial charge in [-0.1, -0.05) is 18.2 Å². The van der Waals surface area contributed by atoms with Gasteiger partial charge in [0.15, 0.2) is 5.96 Å². The van der Waals surface area contributed by atoms with Crippen molar-refractivity contribution >= 4 is 41.3 Å². The molecule has 0 aliphatic carbocycles. The largest absolute Gasteiger partial charge is 0.496 e. The third kappa shape index (κ3) is 6.64. The van der Waals surface area contributed by atoms with E-state index in [2.05, 4.69) is 33.6 Å². The van der Waals surface area contributed by atoms with Crippen LogP contribution in [0.3, 0.4) is 0 Å². The second-order valence-corrected chi connectivity index (χ2v) is 6.42. The van der Waals surface area contributed by atoms with Gasteiger partial charge in [0, 0.05) is 37.6 Å². The molecule has 0 atom stereocenters. The first-order valence-electron chi connectivity index (χ1n) is 7.70. The topological polar surface area (TPSA) is 58.5 Å². The Kier molecular flexibility index (Phi) is 9.70. The molecule has 2 aromatic rings. The quantitative estimate of drug-likeness (QED) is 0.379. The summed E-state index contributed by atoms with van der Waals surface area (Å²) >= 11 is 1.74. The summed E-state index contributed by atoms with van der Waals surface area (Å²) in [6, 6.07) is 8.08. The molecule has 2 N–H and O–H groups in total. The Balaban J connectivity index is 0.00000288. The maximum absolute atomic E-state index is 5.37. The molecule has 5 nitrogen and oxygen atoms in total. The number of para-hydroxylation sites is 1. The number of thiazole rings is 1. The third-order valence-electron chi connectivity index (χ3n) is 3.40. The molecular formula is C17H25IN4OS. The van der Waals surface area contributed by atoms with Crippen LogP contribution in [0.2, 0.25) is 0 Å². The zero-order valence-electron chi connectivity index (χ0n) is 14.3. The minimum atomic E-state index is 0. The molecule has 0 bridgehead atoms. The van der Waals surface area contributed by atoms with E-state index in [0.29, 0.717) is 0 Å². The van der Waals surface area contributed by atoms with Crippen LogP contribution in [0.15, 0.2) is 35.5 Å². The van der Waals surface area contributed by atoms with Crippen LogP contribution >= 0.6 is 35.3 Å². The summed E-state index contributed by atoms with van der Waals surface area (Å²) in [5.41, 5.74) is 1.19. The summed E-state index contributed by atoms with van der Waals surface area (Å²) in [6.07, 6.45) is 3.71. The number of aliphatic imine (C=N–C) groups is 1. The number of hydrogen-bond acceptors (Lipinski definition) is 4. The number of benzene rings is 1. The summed E-state index contributed by atoms with van der Waals surface area (Å²) < 4.78 is 5.37. The monoisotopic (exact) mass is 460 g/mol. The molecule has 0 aliphatic rings. The third-order valence-corrected chi connectivity index (χ3v) is 4.38. The number of guanidine groups is 1. The molecule has 1 aromatic carbocycles. The first kappa shape index (κ1) is 20.7. The molecule has 1 aromatic heterocycles. The number of ether oxygens (including phenoxy) is 1. The lowest BCUT2D eigenvalue weighted by Crippen LogP contribution is -2.39. The molecule has 0 amide bonds. The minimum absolute atomic E-state index is 0. The molecule has 24 heavy (non-hydrogen) atoms. The molecule has 2 rings (SSSR count). The fraction of sp³-hybridized carbons (Fsp3) is 0.412. The van der Waals surface area contributed by atoms with Crippen LogP contribution < -0.4 is 15.4 Å². The second kappa shape index (κ2) is 11.2. The van der Waals surface area contributed by atoms with Crippen molar-refractivity contribution in [1.29, 1.82) is 0 Å². The molecule has 0 aliphatic heterocycles. The molecule has 0 radical (unpaired) electrons. The summed E-state index contributed by atoms with van der Waals surface area (Å²) in [7, 11) is 3.49. The van der Waals surface area contributed by atoms with Crippen LogP contribution in [-0.2, 0) is 12.8 Å². The molecule has 0 spiro atoms. The molecule has 0 unspecified atom stereocenters. The molecule has 1 heterocycles. The van der Waals surface area contributed by atoms with Crippen LogP contribution in [0, 0.1) is 6.92 Å². The Bertz CT molecular complexity index is 645. The minimum Gasteiger partial charge on any atom is -0.496 e. The lowest BCUT2D eigenvalue weighted by Gasteiger charge is -2.12. The number of aromatic nitrogens is 1. The summed E-state index contributed by atoms with van der Waals surface area (Å²) in [6.45, 7) is 3.70. The number of nitrogens with one attached hydrogen (secondary N) is 2. The van der Waals surface area contributed by atoms with Crippen LogP contribution in [-0.4, -0.2) is 38.2 Å². The number of aryl methyl sites for hydroxylation is 1. The van der Waals surface area contributed by atoms with E-state index >= 15 is 0 Å². The number of nitrogens with zero attached hydrogens (tertiary/aromatic N) is 2. The number of methoxy groups -OCH3 is 1. The van der Waals surface area contributed by atoms with Gasteiger partial charge in [0.2, 0.25) is 0 Å². The summed E-state index contributed by atoms with van der Waals surface area (Å²) in [5.74, 6) is 1.74. The molecular weight excluding hydrogens is 435 g/mol. The molecule has 0 saturated heterocycles. The van der Waals surface area contributed by atoms with E-state index in [4.69, 9.17) is 4.74 Å². The number of rotatable bonds is 7. The van der Waals surface area contributed by atoms with Gasteiger partial charge in [-0.05, 0) is 25.0 Å². The van der Waals surface area contributed by atoms with Gasteiger partial charge in [0.1, 0.15) is 5.75 Å². The van der Waals surface area contributed by atoms with Gasteiger partial charge < -0.3 is 15.4 Å². The lowest BCUT2D eigenvalue weighted by atomic mass is 10.1. The zero-order valence-corrected chi connectivity index (χ0v) is 17.5. The van der Waals surface area contributed by atoms with Crippen molar-refractivity contribution in [3.05, 3.63) is 45.9 Å². The van der Waals surface area contributed by atoms with Crippen molar-refractivity contribution in [2.45, 2.75) is 19.8 Å². The highest BCUT2D eigenvalue weighted by Crippen LogP contribution is 2.17. The standard InChI is InChI=1S/C17H24N4OS.HI/c1-13-12-21-16(23-13)9-11-20-17(18-2)19-10-8-14-6-4-5-7-15(14)22-3;/h4-7,12H,8-11H2,1-3H3,(H2,18,19,20);1H. The van der Waals surface area contributed by atoms with E-state index in [9.17, 15) is 0 Å². The van der Waals surface area contributed by atoms with Gasteiger partial charge in [-0.2, -0.15) is 0 Å². The Labute approximate surface area is 165 Å². The smallest absolute Gasteiger partial charge is 0.191 e. The van der Waals surface area contributed by atoms with Crippen LogP contribution in [0.25, 0.3) is 0 Å². The number of hydrogen-bond donors (Lipinski definition) is 2. The Morgan fingerprint density at radius 2 is 1.92 bits per heavy atom. The van der Waals surface area contributed by atoms with Crippen molar-refractivity contribution in [1.82, 2.24) is 15.6 Å². The fourth-order valence-electron chi connectivity index (χ4n) is 2.25. The van der Waals surface area contributed by atoms with Gasteiger partial charge in [0.25, 0.3) is 0 Å². The normalized spacial score (nSPS) is 10.9. The van der Waals surface area contributed by atoms with E-state index in [1.807, 2.05) is 24.4 Å². The van der Waals surface area contributed by atoms with Crippen molar-refractivity contribution in [2.75, 3.05) is 27.2 Å². The molecule has 0 fully saturated rings. The predicted molar refractivity (Wildman–Crippen MR) is 112 cm³/mol. The van der Waals surface area contributed by atoms with Gasteiger partial charge in [-0.3, -0.25) is 4.99 Å². The number of halogens is 1. The predicted octanol–water partition coefficient (Wildman–Crippen LogP) is 3.03. The summed E-state index contributed by atoms with van der Waals surface area (Å²) in [5, 5.41) is 7.80. The fourth-order valence-corrected chi connectivity index (χ4v) is 3.04. The molecule has 7 heteroatoms. The van der Waals surface area contributed by atoms with Crippen molar-refractivity contribution < 1.29 is 4.74 Å². The lowest BCUT2D eigenvalue weighted by molar-refractivity contribution is 0.409. The van der Waals surface area contributed by atoms with Crippen molar-refractivity contribution in [3.8, 4) is 5.75 Å². The van der Waals surface area contributed by atoms with E-state index in [1.165, 1.54) is 10.4 Å². The first-order chi connectivity index (χ1) is 11.2. The highest BCUT2D eigenvalue weighted by atomic mass is 127. The molecule has 0 saturated carbocycles. The van der Waals surface area contributed by atoms with E-state index in [1.54, 1.807) is 25.5 Å². The first-order valence-corrected chi connectivity index (χ1v) is 8.52.